The molecule has 2 rings (SSSR count). The summed E-state index contributed by atoms with van der Waals surface area (Å²) in [7, 11) is 0. The SMILES string of the molecule is Cc1cnc2c(c1)CC(C)(C)C(=O)N2. The molecule has 74 valence electrons. The minimum atomic E-state index is -0.317. The molecule has 0 unspecified atom stereocenters. The maximum atomic E-state index is 11.6. The van der Waals surface area contributed by atoms with Gasteiger partial charge in [0.25, 0.3) is 0 Å². The van der Waals surface area contributed by atoms with E-state index >= 15 is 0 Å². The van der Waals surface area contributed by atoms with Gasteiger partial charge in [-0.3, -0.25) is 4.79 Å². The van der Waals surface area contributed by atoms with Crippen molar-refractivity contribution in [2.24, 2.45) is 5.41 Å². The van der Waals surface area contributed by atoms with Crippen molar-refractivity contribution < 1.29 is 4.79 Å². The molecule has 1 aliphatic rings. The summed E-state index contributed by atoms with van der Waals surface area (Å²) in [5.41, 5.74) is 1.95. The van der Waals surface area contributed by atoms with Gasteiger partial charge in [-0.15, -0.1) is 0 Å². The van der Waals surface area contributed by atoms with E-state index in [2.05, 4.69) is 16.4 Å². The second kappa shape index (κ2) is 2.80. The van der Waals surface area contributed by atoms with E-state index in [0.29, 0.717) is 0 Å². The Morgan fingerprint density at radius 3 is 2.93 bits per heavy atom. The van der Waals surface area contributed by atoms with Crippen molar-refractivity contribution >= 4 is 11.7 Å². The predicted octanol–water partition coefficient (Wildman–Crippen LogP) is 1.91. The summed E-state index contributed by atoms with van der Waals surface area (Å²) in [6.07, 6.45) is 2.54. The lowest BCUT2D eigenvalue weighted by Gasteiger charge is -2.29. The van der Waals surface area contributed by atoms with Crippen LogP contribution in [0.2, 0.25) is 0 Å². The van der Waals surface area contributed by atoms with Gasteiger partial charge in [0.2, 0.25) is 5.91 Å². The van der Waals surface area contributed by atoms with Crippen LogP contribution in [0.5, 0.6) is 0 Å². The third kappa shape index (κ3) is 1.39. The molecule has 0 atom stereocenters. The highest BCUT2D eigenvalue weighted by Gasteiger charge is 2.33. The molecule has 0 bridgehead atoms. The van der Waals surface area contributed by atoms with Crippen LogP contribution in [0.25, 0.3) is 0 Å². The number of fused-ring (bicyclic) bond motifs is 1. The van der Waals surface area contributed by atoms with Crippen LogP contribution in [-0.2, 0) is 11.2 Å². The maximum absolute atomic E-state index is 11.6. The van der Waals surface area contributed by atoms with E-state index < -0.39 is 0 Å². The Hall–Kier alpha value is -1.38. The summed E-state index contributed by atoms with van der Waals surface area (Å²) in [6.45, 7) is 5.91. The zero-order chi connectivity index (χ0) is 10.3. The van der Waals surface area contributed by atoms with Crippen LogP contribution in [-0.4, -0.2) is 10.9 Å². The van der Waals surface area contributed by atoms with Crippen molar-refractivity contribution in [2.75, 3.05) is 5.32 Å². The van der Waals surface area contributed by atoms with Crippen molar-refractivity contribution in [1.82, 2.24) is 4.98 Å². The number of rotatable bonds is 0. The van der Waals surface area contributed by atoms with Gasteiger partial charge in [0, 0.05) is 11.6 Å². The number of carbonyl (C=O) groups is 1. The van der Waals surface area contributed by atoms with E-state index in [4.69, 9.17) is 0 Å². The van der Waals surface area contributed by atoms with Gasteiger partial charge < -0.3 is 5.32 Å². The molecule has 3 heteroatoms. The summed E-state index contributed by atoms with van der Waals surface area (Å²) in [5.74, 6) is 0.779. The van der Waals surface area contributed by atoms with Crippen LogP contribution < -0.4 is 5.32 Å². The lowest BCUT2D eigenvalue weighted by molar-refractivity contribution is -0.124. The Kier molecular flexibility index (Phi) is 1.84. The fourth-order valence-corrected chi connectivity index (χ4v) is 1.71. The molecule has 2 heterocycles. The number of hydrogen-bond donors (Lipinski definition) is 1. The smallest absolute Gasteiger partial charge is 0.231 e. The average molecular weight is 190 g/mol. The average Bonchev–Trinajstić information content (AvgIpc) is 2.07. The molecule has 1 aromatic rings. The molecule has 0 aliphatic carbocycles. The van der Waals surface area contributed by atoms with Gasteiger partial charge in [-0.05, 0) is 24.5 Å². The van der Waals surface area contributed by atoms with E-state index in [1.807, 2.05) is 20.8 Å². The third-order valence-corrected chi connectivity index (χ3v) is 2.58. The molecular formula is C11H14N2O. The molecule has 1 aliphatic heterocycles. The van der Waals surface area contributed by atoms with Gasteiger partial charge in [-0.25, -0.2) is 4.98 Å². The predicted molar refractivity (Wildman–Crippen MR) is 55.1 cm³/mol. The van der Waals surface area contributed by atoms with E-state index in [0.717, 1.165) is 23.4 Å². The first-order valence-electron chi connectivity index (χ1n) is 4.76. The molecule has 1 N–H and O–H groups in total. The Morgan fingerprint density at radius 1 is 1.50 bits per heavy atom. The highest BCUT2D eigenvalue weighted by molar-refractivity contribution is 5.96. The Bertz CT molecular complexity index is 396. The van der Waals surface area contributed by atoms with E-state index in [1.54, 1.807) is 6.20 Å². The number of nitrogens with one attached hydrogen (secondary N) is 1. The molecule has 0 spiro atoms. The number of hydrogen-bond acceptors (Lipinski definition) is 2. The van der Waals surface area contributed by atoms with Gasteiger partial charge in [0.05, 0.1) is 0 Å². The fraction of sp³-hybridized carbons (Fsp3) is 0.455. The van der Waals surface area contributed by atoms with Gasteiger partial charge >= 0.3 is 0 Å². The summed E-state index contributed by atoms with van der Waals surface area (Å²) in [5, 5.41) is 2.83. The zero-order valence-electron chi connectivity index (χ0n) is 8.72. The van der Waals surface area contributed by atoms with E-state index in [9.17, 15) is 4.79 Å². The van der Waals surface area contributed by atoms with Gasteiger partial charge in [0.15, 0.2) is 0 Å². The lowest BCUT2D eigenvalue weighted by Crippen LogP contribution is -2.37. The minimum Gasteiger partial charge on any atom is -0.310 e. The first-order chi connectivity index (χ1) is 6.49. The van der Waals surface area contributed by atoms with Crippen molar-refractivity contribution in [3.63, 3.8) is 0 Å². The monoisotopic (exact) mass is 190 g/mol. The largest absolute Gasteiger partial charge is 0.310 e. The number of carbonyl (C=O) groups excluding carboxylic acids is 1. The molecule has 1 amide bonds. The van der Waals surface area contributed by atoms with Crippen LogP contribution in [0.1, 0.15) is 25.0 Å². The van der Waals surface area contributed by atoms with Gasteiger partial charge in [0.1, 0.15) is 5.82 Å². The lowest BCUT2D eigenvalue weighted by atomic mass is 9.82. The second-order valence-electron chi connectivity index (χ2n) is 4.54. The number of anilines is 1. The van der Waals surface area contributed by atoms with Crippen molar-refractivity contribution in [2.45, 2.75) is 27.2 Å². The Labute approximate surface area is 83.5 Å². The summed E-state index contributed by atoms with van der Waals surface area (Å²) in [4.78, 5) is 15.8. The molecule has 14 heavy (non-hydrogen) atoms. The summed E-state index contributed by atoms with van der Waals surface area (Å²) in [6, 6.07) is 2.09. The zero-order valence-corrected chi connectivity index (χ0v) is 8.72. The number of pyridine rings is 1. The standard InChI is InChI=1S/C11H14N2O/c1-7-4-8-5-11(2,3)10(14)13-9(8)12-6-7/h4,6H,5H2,1-3H3,(H,12,13,14). The number of amides is 1. The second-order valence-corrected chi connectivity index (χ2v) is 4.54. The van der Waals surface area contributed by atoms with E-state index in [-0.39, 0.29) is 11.3 Å². The van der Waals surface area contributed by atoms with Crippen LogP contribution in [0, 0.1) is 12.3 Å². The first kappa shape index (κ1) is 9.19. The highest BCUT2D eigenvalue weighted by Crippen LogP contribution is 2.31. The molecule has 0 aromatic carbocycles. The summed E-state index contributed by atoms with van der Waals surface area (Å²) < 4.78 is 0. The maximum Gasteiger partial charge on any atom is 0.231 e. The molecular weight excluding hydrogens is 176 g/mol. The van der Waals surface area contributed by atoms with Crippen molar-refractivity contribution in [3.8, 4) is 0 Å². The minimum absolute atomic E-state index is 0.0568. The molecule has 3 nitrogen and oxygen atoms in total. The number of aryl methyl sites for hydroxylation is 1. The summed E-state index contributed by atoms with van der Waals surface area (Å²) >= 11 is 0. The van der Waals surface area contributed by atoms with Crippen molar-refractivity contribution in [1.29, 1.82) is 0 Å². The molecule has 1 aromatic heterocycles. The number of aromatic nitrogens is 1. The van der Waals surface area contributed by atoms with Crippen LogP contribution in [0.4, 0.5) is 5.82 Å². The molecule has 0 fully saturated rings. The molecule has 0 saturated heterocycles. The van der Waals surface area contributed by atoms with Gasteiger partial charge in [-0.2, -0.15) is 0 Å². The number of nitrogens with zero attached hydrogens (tertiary/aromatic N) is 1. The Morgan fingerprint density at radius 2 is 2.21 bits per heavy atom. The first-order valence-corrected chi connectivity index (χ1v) is 4.76. The normalized spacial score (nSPS) is 18.6. The van der Waals surface area contributed by atoms with Crippen LogP contribution >= 0.6 is 0 Å². The van der Waals surface area contributed by atoms with Gasteiger partial charge in [-0.1, -0.05) is 19.9 Å². The van der Waals surface area contributed by atoms with Crippen LogP contribution in [0.15, 0.2) is 12.3 Å². The Balaban J connectivity index is 2.46. The molecule has 0 radical (unpaired) electrons. The van der Waals surface area contributed by atoms with E-state index in [1.165, 1.54) is 0 Å². The fourth-order valence-electron chi connectivity index (χ4n) is 1.71. The quantitative estimate of drug-likeness (QED) is 0.679. The molecule has 0 saturated carbocycles. The topological polar surface area (TPSA) is 42.0 Å². The van der Waals surface area contributed by atoms with Crippen molar-refractivity contribution in [3.05, 3.63) is 23.4 Å². The highest BCUT2D eigenvalue weighted by atomic mass is 16.2. The van der Waals surface area contributed by atoms with Crippen LogP contribution in [0.3, 0.4) is 0 Å². The third-order valence-electron chi connectivity index (χ3n) is 2.58.